The van der Waals surface area contributed by atoms with Gasteiger partial charge in [0.15, 0.2) is 0 Å². The monoisotopic (exact) mass is 234 g/mol. The summed E-state index contributed by atoms with van der Waals surface area (Å²) in [6, 6.07) is 6.84. The topological polar surface area (TPSA) is 24.4 Å². The molecule has 0 saturated carbocycles. The van der Waals surface area contributed by atoms with Crippen LogP contribution in [0.15, 0.2) is 29.3 Å². The first-order chi connectivity index (χ1) is 8.25. The molecule has 0 fully saturated rings. The van der Waals surface area contributed by atoms with Gasteiger partial charge in [-0.2, -0.15) is 0 Å². The highest BCUT2D eigenvalue weighted by Crippen LogP contribution is 2.14. The highest BCUT2D eigenvalue weighted by Gasteiger charge is 2.09. The summed E-state index contributed by atoms with van der Waals surface area (Å²) in [6.07, 6.45) is 4.70. The minimum absolute atomic E-state index is 0.187. The van der Waals surface area contributed by atoms with Crippen LogP contribution in [0.4, 0.5) is 4.39 Å². The maximum Gasteiger partial charge on any atom is 0.123 e. The molecular weight excluding hydrogens is 215 g/mol. The number of halogens is 1. The number of aliphatic imine (C=N–C) groups is 1. The van der Waals surface area contributed by atoms with Crippen molar-refractivity contribution < 1.29 is 4.39 Å². The molecule has 1 aromatic carbocycles. The van der Waals surface area contributed by atoms with Crippen molar-refractivity contribution >= 4 is 5.84 Å². The van der Waals surface area contributed by atoms with E-state index in [9.17, 15) is 4.39 Å². The lowest BCUT2D eigenvalue weighted by Gasteiger charge is -2.16. The average molecular weight is 234 g/mol. The van der Waals surface area contributed by atoms with Crippen LogP contribution in [-0.4, -0.2) is 12.4 Å². The molecular formula is C14H19FN2. The van der Waals surface area contributed by atoms with E-state index in [0.717, 1.165) is 24.4 Å². The standard InChI is InChI=1S/C14H19FN2/c1-11(12-6-8-13(15)9-7-12)17-14-5-3-2-4-10-16-14/h6-9,11H,2-5,10H2,1H3,(H,16,17). The summed E-state index contributed by atoms with van der Waals surface area (Å²) in [5, 5.41) is 3.42. The fourth-order valence-corrected chi connectivity index (χ4v) is 2.08. The van der Waals surface area contributed by atoms with E-state index in [0.29, 0.717) is 0 Å². The van der Waals surface area contributed by atoms with Gasteiger partial charge in [-0.25, -0.2) is 4.39 Å². The van der Waals surface area contributed by atoms with E-state index in [1.807, 2.05) is 12.1 Å². The predicted molar refractivity (Wildman–Crippen MR) is 68.7 cm³/mol. The molecule has 1 aromatic rings. The first-order valence-corrected chi connectivity index (χ1v) is 6.31. The summed E-state index contributed by atoms with van der Waals surface area (Å²) >= 11 is 0. The second kappa shape index (κ2) is 5.80. The number of nitrogens with one attached hydrogen (secondary N) is 1. The van der Waals surface area contributed by atoms with Crippen LogP contribution in [0.5, 0.6) is 0 Å². The van der Waals surface area contributed by atoms with E-state index in [1.165, 1.54) is 31.4 Å². The lowest BCUT2D eigenvalue weighted by molar-refractivity contribution is 0.623. The average Bonchev–Trinajstić information content (AvgIpc) is 2.58. The molecule has 1 atom stereocenters. The van der Waals surface area contributed by atoms with Crippen LogP contribution >= 0.6 is 0 Å². The van der Waals surface area contributed by atoms with Gasteiger partial charge in [-0.3, -0.25) is 4.99 Å². The van der Waals surface area contributed by atoms with Crippen LogP contribution < -0.4 is 5.32 Å². The van der Waals surface area contributed by atoms with Crippen LogP contribution in [0.1, 0.15) is 44.2 Å². The minimum Gasteiger partial charge on any atom is -0.367 e. The van der Waals surface area contributed by atoms with Gasteiger partial charge in [0.05, 0.1) is 5.84 Å². The lowest BCUT2D eigenvalue weighted by atomic mass is 10.1. The number of nitrogens with zero attached hydrogens (tertiary/aromatic N) is 1. The number of benzene rings is 1. The molecule has 1 unspecified atom stereocenters. The first-order valence-electron chi connectivity index (χ1n) is 6.31. The van der Waals surface area contributed by atoms with E-state index in [2.05, 4.69) is 17.2 Å². The van der Waals surface area contributed by atoms with Gasteiger partial charge in [0, 0.05) is 19.0 Å². The lowest BCUT2D eigenvalue weighted by Crippen LogP contribution is -2.26. The Morgan fingerprint density at radius 3 is 2.71 bits per heavy atom. The van der Waals surface area contributed by atoms with Gasteiger partial charge in [0.25, 0.3) is 0 Å². The molecule has 0 aliphatic carbocycles. The SMILES string of the molecule is CC(NC1=NCCCCC1)c1ccc(F)cc1. The Morgan fingerprint density at radius 1 is 1.18 bits per heavy atom. The van der Waals surface area contributed by atoms with Crippen molar-refractivity contribution in [1.82, 2.24) is 5.32 Å². The molecule has 17 heavy (non-hydrogen) atoms. The normalized spacial score (nSPS) is 18.1. The van der Waals surface area contributed by atoms with Gasteiger partial charge in [0.1, 0.15) is 5.82 Å². The predicted octanol–water partition coefficient (Wildman–Crippen LogP) is 3.45. The molecule has 1 aliphatic heterocycles. The van der Waals surface area contributed by atoms with Gasteiger partial charge < -0.3 is 5.32 Å². The molecule has 3 heteroatoms. The highest BCUT2D eigenvalue weighted by molar-refractivity contribution is 5.82. The quantitative estimate of drug-likeness (QED) is 0.832. The Kier molecular flexibility index (Phi) is 4.13. The molecule has 1 N–H and O–H groups in total. The molecule has 92 valence electrons. The van der Waals surface area contributed by atoms with E-state index in [1.54, 1.807) is 0 Å². The van der Waals surface area contributed by atoms with E-state index in [-0.39, 0.29) is 11.9 Å². The zero-order chi connectivity index (χ0) is 12.1. The number of amidine groups is 1. The minimum atomic E-state index is -0.187. The van der Waals surface area contributed by atoms with Crippen molar-refractivity contribution in [2.24, 2.45) is 4.99 Å². The van der Waals surface area contributed by atoms with Crippen molar-refractivity contribution in [2.75, 3.05) is 6.54 Å². The highest BCUT2D eigenvalue weighted by atomic mass is 19.1. The largest absolute Gasteiger partial charge is 0.367 e. The summed E-state index contributed by atoms with van der Waals surface area (Å²) < 4.78 is 12.8. The number of hydrogen-bond acceptors (Lipinski definition) is 2. The van der Waals surface area contributed by atoms with Crippen molar-refractivity contribution in [3.05, 3.63) is 35.6 Å². The van der Waals surface area contributed by atoms with Crippen molar-refractivity contribution in [3.63, 3.8) is 0 Å². The Morgan fingerprint density at radius 2 is 1.94 bits per heavy atom. The van der Waals surface area contributed by atoms with E-state index >= 15 is 0 Å². The summed E-state index contributed by atoms with van der Waals surface area (Å²) in [6.45, 7) is 3.01. The van der Waals surface area contributed by atoms with Gasteiger partial charge in [-0.1, -0.05) is 18.6 Å². The van der Waals surface area contributed by atoms with Crippen molar-refractivity contribution in [1.29, 1.82) is 0 Å². The summed E-state index contributed by atoms with van der Waals surface area (Å²) in [5.74, 6) is 0.909. The molecule has 0 amide bonds. The third-order valence-corrected chi connectivity index (χ3v) is 3.13. The third kappa shape index (κ3) is 3.55. The molecule has 0 spiro atoms. The summed E-state index contributed by atoms with van der Waals surface area (Å²) in [7, 11) is 0. The molecule has 0 radical (unpaired) electrons. The van der Waals surface area contributed by atoms with Crippen LogP contribution in [0.3, 0.4) is 0 Å². The second-order valence-corrected chi connectivity index (χ2v) is 4.56. The second-order valence-electron chi connectivity index (χ2n) is 4.56. The first kappa shape index (κ1) is 12.1. The Labute approximate surface area is 102 Å². The zero-order valence-electron chi connectivity index (χ0n) is 10.2. The van der Waals surface area contributed by atoms with Crippen LogP contribution in [-0.2, 0) is 0 Å². The maximum atomic E-state index is 12.8. The Bertz CT molecular complexity index is 384. The third-order valence-electron chi connectivity index (χ3n) is 3.13. The van der Waals surface area contributed by atoms with E-state index in [4.69, 9.17) is 0 Å². The van der Waals surface area contributed by atoms with Gasteiger partial charge in [0.2, 0.25) is 0 Å². The molecule has 2 nitrogen and oxygen atoms in total. The van der Waals surface area contributed by atoms with Crippen molar-refractivity contribution in [3.8, 4) is 0 Å². The molecule has 1 aliphatic rings. The number of rotatable bonds is 2. The Balaban J connectivity index is 1.98. The van der Waals surface area contributed by atoms with E-state index < -0.39 is 0 Å². The number of hydrogen-bond donors (Lipinski definition) is 1. The molecule has 0 saturated heterocycles. The van der Waals surface area contributed by atoms with Crippen LogP contribution in [0.25, 0.3) is 0 Å². The van der Waals surface area contributed by atoms with Gasteiger partial charge in [-0.15, -0.1) is 0 Å². The fraction of sp³-hybridized carbons (Fsp3) is 0.500. The Hall–Kier alpha value is -1.38. The van der Waals surface area contributed by atoms with Gasteiger partial charge in [-0.05, 0) is 37.5 Å². The van der Waals surface area contributed by atoms with Crippen LogP contribution in [0, 0.1) is 5.82 Å². The molecule has 0 aromatic heterocycles. The fourth-order valence-electron chi connectivity index (χ4n) is 2.08. The van der Waals surface area contributed by atoms with Gasteiger partial charge >= 0.3 is 0 Å². The summed E-state index contributed by atoms with van der Waals surface area (Å²) in [4.78, 5) is 4.54. The van der Waals surface area contributed by atoms with Crippen molar-refractivity contribution in [2.45, 2.75) is 38.6 Å². The molecule has 0 bridgehead atoms. The molecule has 2 rings (SSSR count). The zero-order valence-corrected chi connectivity index (χ0v) is 10.2. The maximum absolute atomic E-state index is 12.8. The van der Waals surface area contributed by atoms with Crippen LogP contribution in [0.2, 0.25) is 0 Å². The molecule has 1 heterocycles. The summed E-state index contributed by atoms with van der Waals surface area (Å²) in [5.41, 5.74) is 1.10. The smallest absolute Gasteiger partial charge is 0.123 e.